The molecule has 17 heavy (non-hydrogen) atoms. The summed E-state index contributed by atoms with van der Waals surface area (Å²) in [6.07, 6.45) is 0.619. The van der Waals surface area contributed by atoms with Gasteiger partial charge in [0.2, 0.25) is 11.8 Å². The van der Waals surface area contributed by atoms with Crippen molar-refractivity contribution in [2.45, 2.75) is 26.3 Å². The maximum atomic E-state index is 11.9. The van der Waals surface area contributed by atoms with Crippen molar-refractivity contribution in [3.8, 4) is 0 Å². The molecule has 0 bridgehead atoms. The lowest BCUT2D eigenvalue weighted by molar-refractivity contribution is -0.145. The lowest BCUT2D eigenvalue weighted by Gasteiger charge is -2.31. The van der Waals surface area contributed by atoms with Gasteiger partial charge in [-0.3, -0.25) is 9.59 Å². The summed E-state index contributed by atoms with van der Waals surface area (Å²) < 4.78 is 5.33. The molecule has 1 rings (SSSR count). The molecule has 1 N–H and O–H groups in total. The molecular formula is C12H20N2O3. The maximum Gasteiger partial charge on any atom is 0.245 e. The maximum absolute atomic E-state index is 11.9. The van der Waals surface area contributed by atoms with Gasteiger partial charge in [0.15, 0.2) is 0 Å². The van der Waals surface area contributed by atoms with E-state index in [1.165, 1.54) is 0 Å². The van der Waals surface area contributed by atoms with Crippen molar-refractivity contribution >= 4 is 11.8 Å². The topological polar surface area (TPSA) is 58.6 Å². The minimum Gasteiger partial charge on any atom is -0.375 e. The van der Waals surface area contributed by atoms with Crippen LogP contribution in [0, 0.1) is 0 Å². The van der Waals surface area contributed by atoms with Crippen molar-refractivity contribution < 1.29 is 14.3 Å². The van der Waals surface area contributed by atoms with Crippen LogP contribution in [0.15, 0.2) is 12.2 Å². The van der Waals surface area contributed by atoms with E-state index >= 15 is 0 Å². The fourth-order valence-electron chi connectivity index (χ4n) is 1.66. The first-order valence-corrected chi connectivity index (χ1v) is 5.85. The summed E-state index contributed by atoms with van der Waals surface area (Å²) in [4.78, 5) is 24.8. The summed E-state index contributed by atoms with van der Waals surface area (Å²) >= 11 is 0. The minimum absolute atomic E-state index is 0.0222. The van der Waals surface area contributed by atoms with Crippen LogP contribution in [0.4, 0.5) is 0 Å². The second kappa shape index (κ2) is 6.39. The van der Waals surface area contributed by atoms with Crippen LogP contribution in [0.1, 0.15) is 20.3 Å². The molecule has 96 valence electrons. The van der Waals surface area contributed by atoms with E-state index in [9.17, 15) is 9.59 Å². The summed E-state index contributed by atoms with van der Waals surface area (Å²) in [5.74, 6) is -0.123. The Kier molecular flexibility index (Phi) is 5.15. The van der Waals surface area contributed by atoms with E-state index in [1.54, 1.807) is 4.90 Å². The number of carbonyl (C=O) groups is 2. The molecule has 1 unspecified atom stereocenters. The fourth-order valence-corrected chi connectivity index (χ4v) is 1.66. The first-order valence-electron chi connectivity index (χ1n) is 5.85. The standard InChI is InChI=1S/C12H20N2O3/c1-4-10-12(16)14(7-11(15)13-10)5-6-17-8-9(2)3/h10H,2,4-8H2,1,3H3,(H,13,15). The van der Waals surface area contributed by atoms with Gasteiger partial charge in [-0.2, -0.15) is 0 Å². The number of hydrogen-bond donors (Lipinski definition) is 1. The van der Waals surface area contributed by atoms with E-state index in [-0.39, 0.29) is 24.4 Å². The molecule has 1 atom stereocenters. The SMILES string of the molecule is C=C(C)COCCN1CC(=O)NC(CC)C1=O. The Hall–Kier alpha value is -1.36. The van der Waals surface area contributed by atoms with Crippen molar-refractivity contribution in [2.24, 2.45) is 0 Å². The van der Waals surface area contributed by atoms with Gasteiger partial charge in [-0.25, -0.2) is 0 Å². The van der Waals surface area contributed by atoms with Gasteiger partial charge in [0.05, 0.1) is 19.8 Å². The first kappa shape index (κ1) is 13.7. The van der Waals surface area contributed by atoms with Gasteiger partial charge < -0.3 is 15.0 Å². The first-order chi connectivity index (χ1) is 8.04. The molecule has 1 aliphatic rings. The van der Waals surface area contributed by atoms with Gasteiger partial charge in [-0.05, 0) is 13.3 Å². The molecule has 1 aliphatic heterocycles. The van der Waals surface area contributed by atoms with Crippen LogP contribution in [0.3, 0.4) is 0 Å². The monoisotopic (exact) mass is 240 g/mol. The van der Waals surface area contributed by atoms with Gasteiger partial charge in [-0.15, -0.1) is 0 Å². The largest absolute Gasteiger partial charge is 0.375 e. The highest BCUT2D eigenvalue weighted by molar-refractivity contribution is 5.94. The Morgan fingerprint density at radius 3 is 2.88 bits per heavy atom. The third-order valence-corrected chi connectivity index (χ3v) is 2.54. The third-order valence-electron chi connectivity index (χ3n) is 2.54. The number of rotatable bonds is 6. The highest BCUT2D eigenvalue weighted by Crippen LogP contribution is 2.05. The van der Waals surface area contributed by atoms with Crippen LogP contribution in [-0.2, 0) is 14.3 Å². The third kappa shape index (κ3) is 4.19. The molecule has 0 aromatic carbocycles. The van der Waals surface area contributed by atoms with Crippen molar-refractivity contribution in [1.82, 2.24) is 10.2 Å². The fraction of sp³-hybridized carbons (Fsp3) is 0.667. The summed E-state index contributed by atoms with van der Waals surface area (Å²) in [7, 11) is 0. The zero-order valence-corrected chi connectivity index (χ0v) is 10.5. The van der Waals surface area contributed by atoms with E-state index in [4.69, 9.17) is 4.74 Å². The van der Waals surface area contributed by atoms with Crippen LogP contribution >= 0.6 is 0 Å². The Labute approximate surface area is 102 Å². The molecule has 0 saturated carbocycles. The number of hydrogen-bond acceptors (Lipinski definition) is 3. The molecule has 5 heteroatoms. The smallest absolute Gasteiger partial charge is 0.245 e. The Balaban J connectivity index is 2.38. The van der Waals surface area contributed by atoms with Gasteiger partial charge in [-0.1, -0.05) is 19.1 Å². The highest BCUT2D eigenvalue weighted by Gasteiger charge is 2.30. The summed E-state index contributed by atoms with van der Waals surface area (Å²) in [6.45, 7) is 8.99. The molecule has 1 heterocycles. The number of amides is 2. The second-order valence-corrected chi connectivity index (χ2v) is 4.30. The van der Waals surface area contributed by atoms with E-state index in [0.29, 0.717) is 26.2 Å². The zero-order valence-electron chi connectivity index (χ0n) is 10.5. The average molecular weight is 240 g/mol. The molecule has 2 amide bonds. The number of piperazine rings is 1. The van der Waals surface area contributed by atoms with Crippen molar-refractivity contribution in [3.63, 3.8) is 0 Å². The normalized spacial score (nSPS) is 20.4. The Morgan fingerprint density at radius 1 is 1.59 bits per heavy atom. The number of nitrogens with one attached hydrogen (secondary N) is 1. The highest BCUT2D eigenvalue weighted by atomic mass is 16.5. The molecule has 0 radical (unpaired) electrons. The summed E-state index contributed by atoms with van der Waals surface area (Å²) in [5.41, 5.74) is 0.944. The molecule has 0 spiro atoms. The van der Waals surface area contributed by atoms with Crippen LogP contribution < -0.4 is 5.32 Å². The Morgan fingerprint density at radius 2 is 2.29 bits per heavy atom. The molecule has 5 nitrogen and oxygen atoms in total. The lowest BCUT2D eigenvalue weighted by Crippen LogP contribution is -2.58. The van der Waals surface area contributed by atoms with E-state index in [2.05, 4.69) is 11.9 Å². The van der Waals surface area contributed by atoms with E-state index in [1.807, 2.05) is 13.8 Å². The molecule has 0 aromatic heterocycles. The predicted molar refractivity (Wildman–Crippen MR) is 64.4 cm³/mol. The average Bonchev–Trinajstić information content (AvgIpc) is 2.28. The molecule has 1 fully saturated rings. The zero-order chi connectivity index (χ0) is 12.8. The number of ether oxygens (including phenoxy) is 1. The lowest BCUT2D eigenvalue weighted by atomic mass is 10.1. The molecular weight excluding hydrogens is 220 g/mol. The van der Waals surface area contributed by atoms with E-state index < -0.39 is 0 Å². The molecule has 1 saturated heterocycles. The van der Waals surface area contributed by atoms with Gasteiger partial charge in [0.1, 0.15) is 6.04 Å². The Bertz CT molecular complexity index is 315. The molecule has 0 aliphatic carbocycles. The summed E-state index contributed by atoms with van der Waals surface area (Å²) in [6, 6.07) is -0.377. The quantitative estimate of drug-likeness (QED) is 0.537. The van der Waals surface area contributed by atoms with Gasteiger partial charge >= 0.3 is 0 Å². The van der Waals surface area contributed by atoms with Crippen molar-refractivity contribution in [2.75, 3.05) is 26.3 Å². The molecule has 0 aromatic rings. The van der Waals surface area contributed by atoms with Crippen molar-refractivity contribution in [3.05, 3.63) is 12.2 Å². The van der Waals surface area contributed by atoms with Gasteiger partial charge in [0, 0.05) is 6.54 Å². The van der Waals surface area contributed by atoms with Crippen LogP contribution in [0.2, 0.25) is 0 Å². The van der Waals surface area contributed by atoms with Gasteiger partial charge in [0.25, 0.3) is 0 Å². The predicted octanol–water partition coefficient (Wildman–Crippen LogP) is 0.316. The van der Waals surface area contributed by atoms with Crippen LogP contribution in [0.25, 0.3) is 0 Å². The number of carbonyl (C=O) groups excluding carboxylic acids is 2. The minimum atomic E-state index is -0.377. The second-order valence-electron chi connectivity index (χ2n) is 4.30. The van der Waals surface area contributed by atoms with Crippen LogP contribution in [0.5, 0.6) is 0 Å². The van der Waals surface area contributed by atoms with Crippen molar-refractivity contribution in [1.29, 1.82) is 0 Å². The summed E-state index contributed by atoms with van der Waals surface area (Å²) in [5, 5.41) is 2.67. The number of nitrogens with zero attached hydrogens (tertiary/aromatic N) is 1. The van der Waals surface area contributed by atoms with Crippen LogP contribution in [-0.4, -0.2) is 49.1 Å². The van der Waals surface area contributed by atoms with E-state index in [0.717, 1.165) is 5.57 Å².